The minimum absolute atomic E-state index is 0.0303. The van der Waals surface area contributed by atoms with Gasteiger partial charge in [-0.1, -0.05) is 6.07 Å². The zero-order valence-corrected chi connectivity index (χ0v) is 20.6. The van der Waals surface area contributed by atoms with Crippen molar-refractivity contribution in [1.29, 1.82) is 0 Å². The van der Waals surface area contributed by atoms with Gasteiger partial charge >= 0.3 is 0 Å². The molecular weight excluding hydrogens is 448 g/mol. The standard InChI is InChI=1S/C25H34N6O4/c1-17(2)27-22(32)16-31-24(21-7-4-6-18(3)28-21)29-23-20(25(31)33)14-19(15-26-23)35-11-5-8-30-9-12-34-13-10-30/h4,6-7,14-15,17,24H,5,8-13,16H2,1-3H3,(H,26,29)(H,27,32). The highest BCUT2D eigenvalue weighted by Crippen LogP contribution is 2.32. The molecule has 0 bridgehead atoms. The third kappa shape index (κ3) is 6.46. The average molecular weight is 483 g/mol. The van der Waals surface area contributed by atoms with E-state index < -0.39 is 6.17 Å². The van der Waals surface area contributed by atoms with Crippen LogP contribution in [0.25, 0.3) is 0 Å². The van der Waals surface area contributed by atoms with E-state index in [4.69, 9.17) is 9.47 Å². The van der Waals surface area contributed by atoms with Crippen molar-refractivity contribution in [1.82, 2.24) is 25.1 Å². The Morgan fingerprint density at radius 3 is 2.86 bits per heavy atom. The van der Waals surface area contributed by atoms with Gasteiger partial charge in [0.05, 0.1) is 37.3 Å². The Morgan fingerprint density at radius 1 is 1.31 bits per heavy atom. The van der Waals surface area contributed by atoms with E-state index in [0.717, 1.165) is 45.0 Å². The molecule has 0 spiro atoms. The van der Waals surface area contributed by atoms with Gasteiger partial charge in [0.25, 0.3) is 5.91 Å². The van der Waals surface area contributed by atoms with E-state index in [1.807, 2.05) is 39.0 Å². The first-order chi connectivity index (χ1) is 16.9. The molecule has 188 valence electrons. The maximum atomic E-state index is 13.6. The number of pyridine rings is 2. The lowest BCUT2D eigenvalue weighted by atomic mass is 10.1. The van der Waals surface area contributed by atoms with Crippen molar-refractivity contribution in [2.75, 3.05) is 51.3 Å². The fraction of sp³-hybridized carbons (Fsp3) is 0.520. The lowest BCUT2D eigenvalue weighted by molar-refractivity contribution is -0.122. The van der Waals surface area contributed by atoms with Gasteiger partial charge in [-0.3, -0.25) is 19.5 Å². The van der Waals surface area contributed by atoms with Gasteiger partial charge in [-0.2, -0.15) is 0 Å². The molecule has 4 heterocycles. The number of morpholine rings is 1. The summed E-state index contributed by atoms with van der Waals surface area (Å²) in [7, 11) is 0. The maximum Gasteiger partial charge on any atom is 0.260 e. The molecule has 10 nitrogen and oxygen atoms in total. The number of aryl methyl sites for hydroxylation is 1. The zero-order chi connectivity index (χ0) is 24.8. The number of ether oxygens (including phenoxy) is 2. The highest BCUT2D eigenvalue weighted by Gasteiger charge is 2.36. The van der Waals surface area contributed by atoms with Crippen molar-refractivity contribution in [2.45, 2.75) is 39.4 Å². The zero-order valence-electron chi connectivity index (χ0n) is 20.6. The summed E-state index contributed by atoms with van der Waals surface area (Å²) in [6.45, 7) is 10.4. The van der Waals surface area contributed by atoms with Crippen molar-refractivity contribution < 1.29 is 19.1 Å². The van der Waals surface area contributed by atoms with E-state index in [2.05, 4.69) is 25.5 Å². The Hall–Kier alpha value is -3.24. The van der Waals surface area contributed by atoms with E-state index in [9.17, 15) is 9.59 Å². The Morgan fingerprint density at radius 2 is 2.11 bits per heavy atom. The summed E-state index contributed by atoms with van der Waals surface area (Å²) in [5.41, 5.74) is 1.84. The van der Waals surface area contributed by atoms with Crippen molar-refractivity contribution >= 4 is 17.6 Å². The van der Waals surface area contributed by atoms with Crippen LogP contribution in [0.2, 0.25) is 0 Å². The number of hydrogen-bond acceptors (Lipinski definition) is 8. The van der Waals surface area contributed by atoms with Crippen molar-refractivity contribution in [3.05, 3.63) is 47.4 Å². The van der Waals surface area contributed by atoms with Crippen molar-refractivity contribution in [3.8, 4) is 5.75 Å². The Kier molecular flexibility index (Phi) is 8.14. The average Bonchev–Trinajstić information content (AvgIpc) is 2.84. The van der Waals surface area contributed by atoms with Gasteiger partial charge in [-0.15, -0.1) is 0 Å². The third-order valence-corrected chi connectivity index (χ3v) is 5.88. The molecular formula is C25H34N6O4. The monoisotopic (exact) mass is 482 g/mol. The number of carbonyl (C=O) groups is 2. The second kappa shape index (κ2) is 11.5. The lowest BCUT2D eigenvalue weighted by Gasteiger charge is -2.36. The number of rotatable bonds is 9. The number of nitrogens with one attached hydrogen (secondary N) is 2. The first-order valence-corrected chi connectivity index (χ1v) is 12.1. The van der Waals surface area contributed by atoms with Gasteiger partial charge in [0.1, 0.15) is 24.3 Å². The predicted molar refractivity (Wildman–Crippen MR) is 131 cm³/mol. The highest BCUT2D eigenvalue weighted by molar-refractivity contribution is 6.02. The Balaban J connectivity index is 1.48. The molecule has 1 atom stereocenters. The second-order valence-electron chi connectivity index (χ2n) is 9.13. The van der Waals surface area contributed by atoms with Gasteiger partial charge in [0.2, 0.25) is 5.91 Å². The van der Waals surface area contributed by atoms with E-state index in [1.165, 1.54) is 4.90 Å². The molecule has 2 aliphatic rings. The molecule has 2 aromatic rings. The molecule has 2 amide bonds. The van der Waals surface area contributed by atoms with Crippen LogP contribution in [0.5, 0.6) is 5.75 Å². The van der Waals surface area contributed by atoms with E-state index >= 15 is 0 Å². The van der Waals surface area contributed by atoms with E-state index in [1.54, 1.807) is 12.3 Å². The molecule has 0 radical (unpaired) electrons. The van der Waals surface area contributed by atoms with Crippen LogP contribution in [0, 0.1) is 6.92 Å². The van der Waals surface area contributed by atoms with Crippen molar-refractivity contribution in [2.24, 2.45) is 0 Å². The molecule has 2 aliphatic heterocycles. The number of anilines is 1. The number of fused-ring (bicyclic) bond motifs is 1. The summed E-state index contributed by atoms with van der Waals surface area (Å²) in [6, 6.07) is 7.27. The van der Waals surface area contributed by atoms with Crippen LogP contribution in [0.4, 0.5) is 5.82 Å². The summed E-state index contributed by atoms with van der Waals surface area (Å²) in [5, 5.41) is 6.15. The largest absolute Gasteiger partial charge is 0.492 e. The minimum Gasteiger partial charge on any atom is -0.492 e. The molecule has 1 saturated heterocycles. The SMILES string of the molecule is Cc1cccc(C2Nc3ncc(OCCCN4CCOCC4)cc3C(=O)N2CC(=O)NC(C)C)n1. The van der Waals surface area contributed by atoms with Crippen LogP contribution in [0.3, 0.4) is 0 Å². The molecule has 10 heteroatoms. The quantitative estimate of drug-likeness (QED) is 0.523. The van der Waals surface area contributed by atoms with Crippen LogP contribution in [0.1, 0.15) is 48.2 Å². The first kappa shape index (κ1) is 24.9. The van der Waals surface area contributed by atoms with Gasteiger partial charge in [-0.25, -0.2) is 4.98 Å². The van der Waals surface area contributed by atoms with Crippen molar-refractivity contribution in [3.63, 3.8) is 0 Å². The topological polar surface area (TPSA) is 109 Å². The smallest absolute Gasteiger partial charge is 0.260 e. The van der Waals surface area contributed by atoms with Crippen LogP contribution in [-0.4, -0.2) is 83.6 Å². The third-order valence-electron chi connectivity index (χ3n) is 5.88. The molecule has 2 aromatic heterocycles. The minimum atomic E-state index is -0.611. The summed E-state index contributed by atoms with van der Waals surface area (Å²) in [5.74, 6) is 0.445. The molecule has 1 fully saturated rings. The number of aromatic nitrogens is 2. The Labute approximate surface area is 206 Å². The summed E-state index contributed by atoms with van der Waals surface area (Å²) >= 11 is 0. The number of nitrogens with zero attached hydrogens (tertiary/aromatic N) is 4. The molecule has 0 saturated carbocycles. The number of amides is 2. The summed E-state index contributed by atoms with van der Waals surface area (Å²) in [4.78, 5) is 39.0. The van der Waals surface area contributed by atoms with Gasteiger partial charge in [-0.05, 0) is 45.4 Å². The van der Waals surface area contributed by atoms with Crippen LogP contribution in [-0.2, 0) is 9.53 Å². The molecule has 4 rings (SSSR count). The van der Waals surface area contributed by atoms with Gasteiger partial charge in [0, 0.05) is 31.4 Å². The molecule has 1 unspecified atom stereocenters. The molecule has 2 N–H and O–H groups in total. The van der Waals surface area contributed by atoms with Gasteiger partial charge < -0.3 is 25.0 Å². The van der Waals surface area contributed by atoms with Crippen LogP contribution in [0.15, 0.2) is 30.5 Å². The normalized spacial score (nSPS) is 18.2. The van der Waals surface area contributed by atoms with Gasteiger partial charge in [0.15, 0.2) is 0 Å². The summed E-state index contributed by atoms with van der Waals surface area (Å²) < 4.78 is 11.3. The summed E-state index contributed by atoms with van der Waals surface area (Å²) in [6.07, 6.45) is 1.88. The van der Waals surface area contributed by atoms with Crippen LogP contribution >= 0.6 is 0 Å². The lowest BCUT2D eigenvalue weighted by Crippen LogP contribution is -2.49. The highest BCUT2D eigenvalue weighted by atomic mass is 16.5. The fourth-order valence-electron chi connectivity index (χ4n) is 4.22. The van der Waals surface area contributed by atoms with E-state index in [0.29, 0.717) is 29.4 Å². The molecule has 35 heavy (non-hydrogen) atoms. The molecule has 0 aliphatic carbocycles. The Bertz CT molecular complexity index is 1040. The number of hydrogen-bond donors (Lipinski definition) is 2. The van der Waals surface area contributed by atoms with E-state index in [-0.39, 0.29) is 24.4 Å². The predicted octanol–water partition coefficient (Wildman–Crippen LogP) is 1.98. The first-order valence-electron chi connectivity index (χ1n) is 12.1. The molecule has 0 aromatic carbocycles. The maximum absolute atomic E-state index is 13.6. The number of carbonyl (C=O) groups excluding carboxylic acids is 2. The van der Waals surface area contributed by atoms with Crippen LogP contribution < -0.4 is 15.4 Å². The second-order valence-corrected chi connectivity index (χ2v) is 9.13. The fourth-order valence-corrected chi connectivity index (χ4v) is 4.22.